The minimum absolute atomic E-state index is 0.241. The average Bonchev–Trinajstić information content (AvgIpc) is 1.85. The van der Waals surface area contributed by atoms with E-state index in [1.165, 1.54) is 0 Å². The van der Waals surface area contributed by atoms with Crippen LogP contribution in [0, 0.1) is 0 Å². The Hall–Kier alpha value is -0.120. The summed E-state index contributed by atoms with van der Waals surface area (Å²) in [7, 11) is 0. The molecule has 11 heavy (non-hydrogen) atoms. The van der Waals surface area contributed by atoms with Crippen LogP contribution >= 0.6 is 0 Å². The van der Waals surface area contributed by atoms with E-state index in [0.717, 1.165) is 26.1 Å². The molecule has 0 fully saturated rings. The molecule has 0 spiro atoms. The Bertz CT molecular complexity index is 74.2. The predicted molar refractivity (Wildman–Crippen MR) is 47.4 cm³/mol. The molecule has 0 bridgehead atoms. The van der Waals surface area contributed by atoms with Gasteiger partial charge in [-0.1, -0.05) is 0 Å². The third-order valence-electron chi connectivity index (χ3n) is 1.44. The van der Waals surface area contributed by atoms with E-state index in [9.17, 15) is 0 Å². The molecule has 0 rings (SSSR count). The minimum atomic E-state index is 0.241. The fourth-order valence-electron chi connectivity index (χ4n) is 0.641. The van der Waals surface area contributed by atoms with Gasteiger partial charge in [0, 0.05) is 25.3 Å². The highest BCUT2D eigenvalue weighted by atomic mass is 16.5. The summed E-state index contributed by atoms with van der Waals surface area (Å²) in [5.74, 6) is 0. The van der Waals surface area contributed by atoms with Crippen LogP contribution in [-0.2, 0) is 4.74 Å². The minimum Gasteiger partial charge on any atom is -0.381 e. The highest BCUT2D eigenvalue weighted by Crippen LogP contribution is 1.91. The van der Waals surface area contributed by atoms with Gasteiger partial charge < -0.3 is 16.2 Å². The third-order valence-corrected chi connectivity index (χ3v) is 1.44. The van der Waals surface area contributed by atoms with Crippen molar-refractivity contribution in [2.24, 2.45) is 11.5 Å². The smallest absolute Gasteiger partial charge is 0.0480 e. The first-order valence-corrected chi connectivity index (χ1v) is 4.22. The van der Waals surface area contributed by atoms with Crippen LogP contribution < -0.4 is 11.5 Å². The summed E-state index contributed by atoms with van der Waals surface area (Å²) in [6.45, 7) is 5.47. The first-order valence-electron chi connectivity index (χ1n) is 4.22. The van der Waals surface area contributed by atoms with Gasteiger partial charge in [-0.3, -0.25) is 0 Å². The van der Waals surface area contributed by atoms with E-state index in [-0.39, 0.29) is 12.1 Å². The van der Waals surface area contributed by atoms with Gasteiger partial charge in [-0.05, 0) is 26.7 Å². The summed E-state index contributed by atoms with van der Waals surface area (Å²) < 4.78 is 5.30. The summed E-state index contributed by atoms with van der Waals surface area (Å²) >= 11 is 0. The van der Waals surface area contributed by atoms with Crippen LogP contribution in [0.25, 0.3) is 0 Å². The van der Waals surface area contributed by atoms with Crippen molar-refractivity contribution in [1.29, 1.82) is 0 Å². The lowest BCUT2D eigenvalue weighted by atomic mass is 10.2. The largest absolute Gasteiger partial charge is 0.381 e. The fourth-order valence-corrected chi connectivity index (χ4v) is 0.641. The molecule has 3 heteroatoms. The van der Waals surface area contributed by atoms with Gasteiger partial charge in [0.2, 0.25) is 0 Å². The standard InChI is InChI=1S/C8H20N2O/c1-7(9)3-5-11-6-4-8(2)10/h7-8H,3-6,9-10H2,1-2H3. The fraction of sp³-hybridized carbons (Fsp3) is 1.00. The molecule has 2 unspecified atom stereocenters. The SMILES string of the molecule is CC(N)CCOCCC(C)N. The van der Waals surface area contributed by atoms with Gasteiger partial charge in [0.25, 0.3) is 0 Å². The van der Waals surface area contributed by atoms with E-state index in [4.69, 9.17) is 16.2 Å². The Labute approximate surface area is 69.1 Å². The number of hydrogen-bond donors (Lipinski definition) is 2. The Morgan fingerprint density at radius 1 is 1.00 bits per heavy atom. The van der Waals surface area contributed by atoms with Crippen LogP contribution in [-0.4, -0.2) is 25.3 Å². The monoisotopic (exact) mass is 160 g/mol. The van der Waals surface area contributed by atoms with Crippen molar-refractivity contribution >= 4 is 0 Å². The number of ether oxygens (including phenoxy) is 1. The number of hydrogen-bond acceptors (Lipinski definition) is 3. The van der Waals surface area contributed by atoms with Crippen LogP contribution in [0.4, 0.5) is 0 Å². The zero-order chi connectivity index (χ0) is 8.69. The van der Waals surface area contributed by atoms with E-state index in [1.54, 1.807) is 0 Å². The second-order valence-corrected chi connectivity index (χ2v) is 3.14. The van der Waals surface area contributed by atoms with Crippen LogP contribution in [0.2, 0.25) is 0 Å². The molecule has 0 radical (unpaired) electrons. The lowest BCUT2D eigenvalue weighted by Crippen LogP contribution is -2.20. The zero-order valence-electron chi connectivity index (χ0n) is 7.55. The van der Waals surface area contributed by atoms with Crippen molar-refractivity contribution in [2.75, 3.05) is 13.2 Å². The first-order chi connectivity index (χ1) is 5.13. The van der Waals surface area contributed by atoms with E-state index in [0.29, 0.717) is 0 Å². The van der Waals surface area contributed by atoms with Crippen molar-refractivity contribution in [2.45, 2.75) is 38.8 Å². The summed E-state index contributed by atoms with van der Waals surface area (Å²) in [5, 5.41) is 0. The predicted octanol–water partition coefficient (Wildman–Crippen LogP) is 0.478. The maximum Gasteiger partial charge on any atom is 0.0480 e. The molecule has 0 aliphatic heterocycles. The van der Waals surface area contributed by atoms with Crippen molar-refractivity contribution in [3.8, 4) is 0 Å². The third kappa shape index (κ3) is 9.88. The summed E-state index contributed by atoms with van der Waals surface area (Å²) in [4.78, 5) is 0. The van der Waals surface area contributed by atoms with Crippen molar-refractivity contribution in [1.82, 2.24) is 0 Å². The van der Waals surface area contributed by atoms with E-state index in [1.807, 2.05) is 13.8 Å². The molecule has 3 nitrogen and oxygen atoms in total. The molecule has 0 aromatic rings. The van der Waals surface area contributed by atoms with Gasteiger partial charge in [-0.2, -0.15) is 0 Å². The molecule has 0 aliphatic rings. The van der Waals surface area contributed by atoms with Crippen LogP contribution in [0.3, 0.4) is 0 Å². The summed E-state index contributed by atoms with van der Waals surface area (Å²) in [5.41, 5.74) is 11.1. The molecule has 0 heterocycles. The van der Waals surface area contributed by atoms with Gasteiger partial charge in [-0.15, -0.1) is 0 Å². The lowest BCUT2D eigenvalue weighted by Gasteiger charge is -2.07. The molecule has 0 saturated carbocycles. The Kier molecular flexibility index (Phi) is 6.51. The normalized spacial score (nSPS) is 16.4. The van der Waals surface area contributed by atoms with Crippen LogP contribution in [0.1, 0.15) is 26.7 Å². The number of nitrogens with two attached hydrogens (primary N) is 2. The molecule has 2 atom stereocenters. The second kappa shape index (κ2) is 6.58. The Balaban J connectivity index is 2.91. The topological polar surface area (TPSA) is 61.3 Å². The molecule has 0 saturated heterocycles. The van der Waals surface area contributed by atoms with E-state index < -0.39 is 0 Å². The molecule has 0 amide bonds. The molecular formula is C8H20N2O. The molecule has 0 aliphatic carbocycles. The highest BCUT2D eigenvalue weighted by molar-refractivity contribution is 4.53. The van der Waals surface area contributed by atoms with Crippen LogP contribution in [0.15, 0.2) is 0 Å². The van der Waals surface area contributed by atoms with Gasteiger partial charge in [-0.25, -0.2) is 0 Å². The van der Waals surface area contributed by atoms with Gasteiger partial charge in [0.05, 0.1) is 0 Å². The van der Waals surface area contributed by atoms with Crippen molar-refractivity contribution < 1.29 is 4.74 Å². The molecule has 0 aromatic heterocycles. The van der Waals surface area contributed by atoms with E-state index >= 15 is 0 Å². The summed E-state index contributed by atoms with van der Waals surface area (Å²) in [6.07, 6.45) is 1.86. The maximum atomic E-state index is 5.53. The molecule has 4 N–H and O–H groups in total. The Morgan fingerprint density at radius 2 is 1.36 bits per heavy atom. The van der Waals surface area contributed by atoms with Gasteiger partial charge in [0.15, 0.2) is 0 Å². The molecule has 68 valence electrons. The first kappa shape index (κ1) is 10.9. The lowest BCUT2D eigenvalue weighted by molar-refractivity contribution is 0.122. The quantitative estimate of drug-likeness (QED) is 0.555. The van der Waals surface area contributed by atoms with Gasteiger partial charge >= 0.3 is 0 Å². The zero-order valence-corrected chi connectivity index (χ0v) is 7.55. The molecule has 0 aromatic carbocycles. The van der Waals surface area contributed by atoms with Crippen LogP contribution in [0.5, 0.6) is 0 Å². The average molecular weight is 160 g/mol. The van der Waals surface area contributed by atoms with E-state index in [2.05, 4.69) is 0 Å². The number of rotatable bonds is 6. The maximum absolute atomic E-state index is 5.53. The highest BCUT2D eigenvalue weighted by Gasteiger charge is 1.95. The van der Waals surface area contributed by atoms with Gasteiger partial charge in [0.1, 0.15) is 0 Å². The molecular weight excluding hydrogens is 140 g/mol. The van der Waals surface area contributed by atoms with Crippen molar-refractivity contribution in [3.63, 3.8) is 0 Å². The Morgan fingerprint density at radius 3 is 1.64 bits per heavy atom. The summed E-state index contributed by atoms with van der Waals surface area (Å²) in [6, 6.07) is 0.482. The second-order valence-electron chi connectivity index (χ2n) is 3.14. The van der Waals surface area contributed by atoms with Crippen molar-refractivity contribution in [3.05, 3.63) is 0 Å².